The van der Waals surface area contributed by atoms with Gasteiger partial charge in [-0.15, -0.1) is 10.2 Å². The molecule has 6 heteroatoms. The summed E-state index contributed by atoms with van der Waals surface area (Å²) in [6.45, 7) is 2.70. The van der Waals surface area contributed by atoms with Crippen molar-refractivity contribution >= 4 is 0 Å². The zero-order valence-electron chi connectivity index (χ0n) is 15.6. The Morgan fingerprint density at radius 3 is 2.39 bits per heavy atom. The normalized spacial score (nSPS) is 10.8. The molecular formula is C22H20N4O2. The van der Waals surface area contributed by atoms with Crippen molar-refractivity contribution in [3.8, 4) is 28.7 Å². The monoisotopic (exact) mass is 372 g/mol. The summed E-state index contributed by atoms with van der Waals surface area (Å²) in [6, 6.07) is 15.5. The second kappa shape index (κ2) is 8.43. The van der Waals surface area contributed by atoms with Crippen LogP contribution < -0.4 is 4.74 Å². The maximum absolute atomic E-state index is 5.82. The van der Waals surface area contributed by atoms with Crippen LogP contribution in [0.3, 0.4) is 0 Å². The smallest absolute Gasteiger partial charge is 0.249 e. The van der Waals surface area contributed by atoms with Gasteiger partial charge in [0.25, 0.3) is 0 Å². The predicted octanol–water partition coefficient (Wildman–Crippen LogP) is 4.38. The number of benzene rings is 1. The van der Waals surface area contributed by atoms with Crippen molar-refractivity contribution in [3.05, 3.63) is 78.4 Å². The van der Waals surface area contributed by atoms with Crippen molar-refractivity contribution in [2.24, 2.45) is 0 Å². The van der Waals surface area contributed by atoms with E-state index in [9.17, 15) is 0 Å². The van der Waals surface area contributed by atoms with E-state index in [0.717, 1.165) is 35.4 Å². The van der Waals surface area contributed by atoms with Gasteiger partial charge in [0.2, 0.25) is 11.8 Å². The van der Waals surface area contributed by atoms with Gasteiger partial charge >= 0.3 is 0 Å². The molecule has 0 N–H and O–H groups in total. The van der Waals surface area contributed by atoms with Gasteiger partial charge in [0.15, 0.2) is 0 Å². The highest BCUT2D eigenvalue weighted by atomic mass is 16.5. The van der Waals surface area contributed by atoms with E-state index in [1.54, 1.807) is 12.4 Å². The number of rotatable bonds is 7. The third-order valence-electron chi connectivity index (χ3n) is 4.36. The molecule has 3 heterocycles. The van der Waals surface area contributed by atoms with Crippen molar-refractivity contribution in [3.63, 3.8) is 0 Å². The van der Waals surface area contributed by atoms with Crippen molar-refractivity contribution in [1.82, 2.24) is 20.2 Å². The lowest BCUT2D eigenvalue weighted by atomic mass is 10.2. The van der Waals surface area contributed by atoms with Crippen LogP contribution in [0, 0.1) is 0 Å². The standard InChI is InChI=1S/C22H20N4O2/c1-2-16-5-8-19(24-14-16)11-13-27-20-9-6-17(7-10-20)21-25-26-22(28-21)18-4-3-12-23-15-18/h3-10,12,14-15H,2,11,13H2,1H3. The van der Waals surface area contributed by atoms with Gasteiger partial charge < -0.3 is 9.15 Å². The molecule has 4 rings (SSSR count). The largest absolute Gasteiger partial charge is 0.493 e. The second-order valence-electron chi connectivity index (χ2n) is 6.29. The van der Waals surface area contributed by atoms with E-state index in [-0.39, 0.29) is 0 Å². The fraction of sp³-hybridized carbons (Fsp3) is 0.182. The third-order valence-corrected chi connectivity index (χ3v) is 4.36. The molecule has 6 nitrogen and oxygen atoms in total. The fourth-order valence-electron chi connectivity index (χ4n) is 2.73. The summed E-state index contributed by atoms with van der Waals surface area (Å²) in [5.41, 5.74) is 3.91. The zero-order chi connectivity index (χ0) is 19.2. The summed E-state index contributed by atoms with van der Waals surface area (Å²) in [5, 5.41) is 8.20. The van der Waals surface area contributed by atoms with Crippen LogP contribution in [0.5, 0.6) is 5.75 Å². The molecule has 0 amide bonds. The molecular weight excluding hydrogens is 352 g/mol. The first-order chi connectivity index (χ1) is 13.8. The van der Waals surface area contributed by atoms with Gasteiger partial charge in [-0.1, -0.05) is 13.0 Å². The van der Waals surface area contributed by atoms with E-state index < -0.39 is 0 Å². The molecule has 0 aliphatic rings. The van der Waals surface area contributed by atoms with Gasteiger partial charge in [0.05, 0.1) is 12.2 Å². The minimum Gasteiger partial charge on any atom is -0.493 e. The number of hydrogen-bond acceptors (Lipinski definition) is 6. The van der Waals surface area contributed by atoms with Crippen LogP contribution in [0.1, 0.15) is 18.2 Å². The molecule has 0 saturated heterocycles. The van der Waals surface area contributed by atoms with Crippen LogP contribution in [0.2, 0.25) is 0 Å². The molecule has 0 atom stereocenters. The van der Waals surface area contributed by atoms with E-state index in [0.29, 0.717) is 18.4 Å². The Bertz CT molecular complexity index is 1010. The molecule has 28 heavy (non-hydrogen) atoms. The average molecular weight is 372 g/mol. The summed E-state index contributed by atoms with van der Waals surface area (Å²) >= 11 is 0. The summed E-state index contributed by atoms with van der Waals surface area (Å²) in [5.74, 6) is 1.71. The predicted molar refractivity (Wildman–Crippen MR) is 106 cm³/mol. The average Bonchev–Trinajstić information content (AvgIpc) is 3.26. The number of hydrogen-bond donors (Lipinski definition) is 0. The van der Waals surface area contributed by atoms with Crippen LogP contribution >= 0.6 is 0 Å². The van der Waals surface area contributed by atoms with Crippen molar-refractivity contribution in [2.45, 2.75) is 19.8 Å². The van der Waals surface area contributed by atoms with Gasteiger partial charge in [-0.2, -0.15) is 0 Å². The van der Waals surface area contributed by atoms with E-state index in [1.807, 2.05) is 42.6 Å². The summed E-state index contributed by atoms with van der Waals surface area (Å²) in [6.07, 6.45) is 7.09. The Balaban J connectivity index is 1.35. The van der Waals surface area contributed by atoms with Crippen LogP contribution in [-0.4, -0.2) is 26.8 Å². The highest BCUT2D eigenvalue weighted by Crippen LogP contribution is 2.25. The molecule has 0 unspecified atom stereocenters. The van der Waals surface area contributed by atoms with Crippen molar-refractivity contribution < 1.29 is 9.15 Å². The molecule has 0 fully saturated rings. The van der Waals surface area contributed by atoms with E-state index in [1.165, 1.54) is 5.56 Å². The molecule has 0 aliphatic carbocycles. The first-order valence-corrected chi connectivity index (χ1v) is 9.23. The highest BCUT2D eigenvalue weighted by molar-refractivity contribution is 5.57. The van der Waals surface area contributed by atoms with E-state index in [2.05, 4.69) is 39.2 Å². The topological polar surface area (TPSA) is 73.9 Å². The first-order valence-electron chi connectivity index (χ1n) is 9.23. The Kier molecular flexibility index (Phi) is 5.38. The summed E-state index contributed by atoms with van der Waals surface area (Å²) in [7, 11) is 0. The minimum absolute atomic E-state index is 0.449. The second-order valence-corrected chi connectivity index (χ2v) is 6.29. The van der Waals surface area contributed by atoms with Crippen molar-refractivity contribution in [1.29, 1.82) is 0 Å². The SMILES string of the molecule is CCc1ccc(CCOc2ccc(-c3nnc(-c4cccnc4)o3)cc2)nc1. The Morgan fingerprint density at radius 1 is 0.893 bits per heavy atom. The lowest BCUT2D eigenvalue weighted by molar-refractivity contribution is 0.320. The number of ether oxygens (including phenoxy) is 1. The molecule has 4 aromatic rings. The number of aromatic nitrogens is 4. The number of pyridine rings is 2. The summed E-state index contributed by atoms with van der Waals surface area (Å²) in [4.78, 5) is 8.51. The third kappa shape index (κ3) is 4.23. The van der Waals surface area contributed by atoms with Crippen LogP contribution in [-0.2, 0) is 12.8 Å². The molecule has 140 valence electrons. The molecule has 0 spiro atoms. The number of nitrogens with zero attached hydrogens (tertiary/aromatic N) is 4. The van der Waals surface area contributed by atoms with E-state index >= 15 is 0 Å². The van der Waals surface area contributed by atoms with Gasteiger partial charge in [-0.3, -0.25) is 9.97 Å². The highest BCUT2D eigenvalue weighted by Gasteiger charge is 2.10. The van der Waals surface area contributed by atoms with Crippen LogP contribution in [0.25, 0.3) is 22.9 Å². The molecule has 0 bridgehead atoms. The first kappa shape index (κ1) is 17.9. The van der Waals surface area contributed by atoms with Crippen LogP contribution in [0.4, 0.5) is 0 Å². The Labute approximate surface area is 163 Å². The summed E-state index contributed by atoms with van der Waals surface area (Å²) < 4.78 is 11.6. The zero-order valence-corrected chi connectivity index (χ0v) is 15.6. The van der Waals surface area contributed by atoms with Crippen LogP contribution in [0.15, 0.2) is 71.5 Å². The van der Waals surface area contributed by atoms with Gasteiger partial charge in [0.1, 0.15) is 5.75 Å². The van der Waals surface area contributed by atoms with Gasteiger partial charge in [0, 0.05) is 36.3 Å². The maximum atomic E-state index is 5.82. The molecule has 0 radical (unpaired) electrons. The number of aryl methyl sites for hydroxylation is 1. The minimum atomic E-state index is 0.449. The molecule has 0 aliphatic heterocycles. The van der Waals surface area contributed by atoms with Gasteiger partial charge in [-0.25, -0.2) is 0 Å². The maximum Gasteiger partial charge on any atom is 0.249 e. The lowest BCUT2D eigenvalue weighted by Crippen LogP contribution is -2.03. The van der Waals surface area contributed by atoms with Gasteiger partial charge in [-0.05, 0) is 54.4 Å². The molecule has 1 aromatic carbocycles. The quantitative estimate of drug-likeness (QED) is 0.479. The van der Waals surface area contributed by atoms with E-state index in [4.69, 9.17) is 9.15 Å². The Morgan fingerprint density at radius 2 is 1.71 bits per heavy atom. The lowest BCUT2D eigenvalue weighted by Gasteiger charge is -2.06. The Hall–Kier alpha value is -3.54. The fourth-order valence-corrected chi connectivity index (χ4v) is 2.73. The molecule has 3 aromatic heterocycles. The molecule has 0 saturated carbocycles. The van der Waals surface area contributed by atoms with Crippen molar-refractivity contribution in [2.75, 3.05) is 6.61 Å².